The maximum Gasteiger partial charge on any atom is 0.199 e. The van der Waals surface area contributed by atoms with E-state index in [1.165, 1.54) is 38.5 Å². The first-order valence-corrected chi connectivity index (χ1v) is 8.41. The quantitative estimate of drug-likeness (QED) is 0.796. The first-order valence-electron chi connectivity index (χ1n) is 8.41. The molecule has 0 radical (unpaired) electrons. The number of hydrogen-bond acceptors (Lipinski definition) is 3. The molecule has 1 saturated heterocycles. The van der Waals surface area contributed by atoms with E-state index in [4.69, 9.17) is 14.2 Å². The zero-order valence-corrected chi connectivity index (χ0v) is 12.8. The van der Waals surface area contributed by atoms with Gasteiger partial charge in [-0.2, -0.15) is 0 Å². The summed E-state index contributed by atoms with van der Waals surface area (Å²) in [6.45, 7) is 1.67. The third-order valence-electron chi connectivity index (χ3n) is 4.44. The van der Waals surface area contributed by atoms with Gasteiger partial charge in [-0.25, -0.2) is 0 Å². The van der Waals surface area contributed by atoms with Crippen molar-refractivity contribution in [1.82, 2.24) is 0 Å². The molecule has 1 aromatic carbocycles. The van der Waals surface area contributed by atoms with Crippen LogP contribution in [0.1, 0.15) is 51.4 Å². The topological polar surface area (TPSA) is 27.7 Å². The molecule has 0 N–H and O–H groups in total. The van der Waals surface area contributed by atoms with Gasteiger partial charge in [0.25, 0.3) is 0 Å². The zero-order valence-electron chi connectivity index (χ0n) is 12.8. The van der Waals surface area contributed by atoms with E-state index in [0.29, 0.717) is 0 Å². The lowest BCUT2D eigenvalue weighted by Gasteiger charge is -2.23. The van der Waals surface area contributed by atoms with Crippen LogP contribution in [-0.4, -0.2) is 19.5 Å². The van der Waals surface area contributed by atoms with Crippen molar-refractivity contribution >= 4 is 0 Å². The van der Waals surface area contributed by atoms with Gasteiger partial charge >= 0.3 is 0 Å². The molecular weight excluding hydrogens is 264 g/mol. The maximum atomic E-state index is 5.90. The fraction of sp³-hybridized carbons (Fsp3) is 0.667. The molecule has 0 spiro atoms. The second kappa shape index (κ2) is 7.69. The molecule has 3 heteroatoms. The average Bonchev–Trinajstić information content (AvgIpc) is 2.56. The lowest BCUT2D eigenvalue weighted by Crippen LogP contribution is -2.24. The Morgan fingerprint density at radius 1 is 0.857 bits per heavy atom. The highest BCUT2D eigenvalue weighted by molar-refractivity contribution is 5.31. The molecule has 0 aromatic heterocycles. The standard InChI is InChI=1S/C18H26O3/c1-2-6-15(7-3-1)14-20-16-9-11-17(12-10-16)21-18-8-4-5-13-19-18/h9-12,15,18H,1-8,13-14H2. The third kappa shape index (κ3) is 4.63. The normalized spacial score (nSPS) is 23.7. The lowest BCUT2D eigenvalue weighted by molar-refractivity contribution is -0.105. The summed E-state index contributed by atoms with van der Waals surface area (Å²) in [7, 11) is 0. The largest absolute Gasteiger partial charge is 0.493 e. The molecule has 2 aliphatic rings. The smallest absolute Gasteiger partial charge is 0.199 e. The monoisotopic (exact) mass is 290 g/mol. The zero-order chi connectivity index (χ0) is 14.3. The highest BCUT2D eigenvalue weighted by Crippen LogP contribution is 2.26. The van der Waals surface area contributed by atoms with Crippen molar-refractivity contribution in [1.29, 1.82) is 0 Å². The first-order chi connectivity index (χ1) is 10.4. The van der Waals surface area contributed by atoms with E-state index in [1.807, 2.05) is 24.3 Å². The highest BCUT2D eigenvalue weighted by Gasteiger charge is 2.16. The molecule has 1 saturated carbocycles. The molecule has 116 valence electrons. The summed E-state index contributed by atoms with van der Waals surface area (Å²) in [6.07, 6.45) is 10.0. The molecule has 1 heterocycles. The van der Waals surface area contributed by atoms with Gasteiger partial charge in [-0.05, 0) is 55.9 Å². The van der Waals surface area contributed by atoms with E-state index < -0.39 is 0 Å². The molecule has 1 aliphatic heterocycles. The van der Waals surface area contributed by atoms with Gasteiger partial charge in [-0.15, -0.1) is 0 Å². The van der Waals surface area contributed by atoms with Gasteiger partial charge in [0.2, 0.25) is 0 Å². The summed E-state index contributed by atoms with van der Waals surface area (Å²) in [6, 6.07) is 7.96. The summed E-state index contributed by atoms with van der Waals surface area (Å²) >= 11 is 0. The van der Waals surface area contributed by atoms with Crippen LogP contribution >= 0.6 is 0 Å². The SMILES string of the molecule is c1cc(OC2CCCCO2)ccc1OCC1CCCCC1. The molecule has 1 aliphatic carbocycles. The third-order valence-corrected chi connectivity index (χ3v) is 4.44. The Balaban J connectivity index is 1.44. The Kier molecular flexibility index (Phi) is 5.39. The van der Waals surface area contributed by atoms with Gasteiger partial charge in [-0.3, -0.25) is 0 Å². The Bertz CT molecular complexity index is 403. The fourth-order valence-electron chi connectivity index (χ4n) is 3.14. The minimum absolute atomic E-state index is 0.0762. The van der Waals surface area contributed by atoms with E-state index in [0.717, 1.165) is 43.5 Å². The van der Waals surface area contributed by atoms with Crippen LogP contribution in [0.15, 0.2) is 24.3 Å². The predicted octanol–water partition coefficient (Wildman–Crippen LogP) is 4.55. The molecule has 0 bridgehead atoms. The molecule has 1 aromatic rings. The van der Waals surface area contributed by atoms with E-state index in [-0.39, 0.29) is 6.29 Å². The van der Waals surface area contributed by atoms with Gasteiger partial charge in [0.15, 0.2) is 6.29 Å². The van der Waals surface area contributed by atoms with Gasteiger partial charge in [0.05, 0.1) is 13.2 Å². The maximum absolute atomic E-state index is 5.90. The van der Waals surface area contributed by atoms with Crippen LogP contribution in [0.2, 0.25) is 0 Å². The average molecular weight is 290 g/mol. The van der Waals surface area contributed by atoms with Crippen LogP contribution in [0, 0.1) is 5.92 Å². The number of ether oxygens (including phenoxy) is 3. The molecule has 3 nitrogen and oxygen atoms in total. The van der Waals surface area contributed by atoms with E-state index in [9.17, 15) is 0 Å². The van der Waals surface area contributed by atoms with E-state index in [2.05, 4.69) is 0 Å². The van der Waals surface area contributed by atoms with Crippen LogP contribution < -0.4 is 9.47 Å². The second-order valence-electron chi connectivity index (χ2n) is 6.20. The molecule has 21 heavy (non-hydrogen) atoms. The van der Waals surface area contributed by atoms with Crippen LogP contribution in [0.3, 0.4) is 0 Å². The van der Waals surface area contributed by atoms with Crippen molar-refractivity contribution in [3.63, 3.8) is 0 Å². The van der Waals surface area contributed by atoms with Crippen molar-refractivity contribution in [2.75, 3.05) is 13.2 Å². The molecule has 3 rings (SSSR count). The van der Waals surface area contributed by atoms with Crippen molar-refractivity contribution in [3.8, 4) is 11.5 Å². The molecule has 1 atom stereocenters. The summed E-state index contributed by atoms with van der Waals surface area (Å²) in [5.74, 6) is 2.55. The van der Waals surface area contributed by atoms with Crippen molar-refractivity contribution in [3.05, 3.63) is 24.3 Å². The van der Waals surface area contributed by atoms with Crippen molar-refractivity contribution in [2.45, 2.75) is 57.7 Å². The highest BCUT2D eigenvalue weighted by atomic mass is 16.7. The number of rotatable bonds is 5. The number of benzene rings is 1. The minimum atomic E-state index is -0.0762. The van der Waals surface area contributed by atoms with Gasteiger partial charge in [0, 0.05) is 6.42 Å². The molecule has 1 unspecified atom stereocenters. The van der Waals surface area contributed by atoms with Crippen LogP contribution in [0.25, 0.3) is 0 Å². The van der Waals surface area contributed by atoms with Crippen LogP contribution in [-0.2, 0) is 4.74 Å². The molecular formula is C18H26O3. The minimum Gasteiger partial charge on any atom is -0.493 e. The summed E-state index contributed by atoms with van der Waals surface area (Å²) < 4.78 is 17.3. The van der Waals surface area contributed by atoms with Gasteiger partial charge in [-0.1, -0.05) is 19.3 Å². The summed E-state index contributed by atoms with van der Waals surface area (Å²) in [5, 5.41) is 0. The lowest BCUT2D eigenvalue weighted by atomic mass is 9.90. The second-order valence-corrected chi connectivity index (χ2v) is 6.20. The van der Waals surface area contributed by atoms with Gasteiger partial charge < -0.3 is 14.2 Å². The van der Waals surface area contributed by atoms with Gasteiger partial charge in [0.1, 0.15) is 11.5 Å². The molecule has 2 fully saturated rings. The predicted molar refractivity (Wildman–Crippen MR) is 82.7 cm³/mol. The Morgan fingerprint density at radius 3 is 2.29 bits per heavy atom. The summed E-state index contributed by atoms with van der Waals surface area (Å²) in [5.41, 5.74) is 0. The van der Waals surface area contributed by atoms with Crippen molar-refractivity contribution in [2.24, 2.45) is 5.92 Å². The van der Waals surface area contributed by atoms with Crippen LogP contribution in [0.4, 0.5) is 0 Å². The molecule has 0 amide bonds. The Hall–Kier alpha value is -1.22. The first kappa shape index (κ1) is 14.7. The Labute approximate surface area is 127 Å². The number of hydrogen-bond donors (Lipinski definition) is 0. The van der Waals surface area contributed by atoms with E-state index >= 15 is 0 Å². The van der Waals surface area contributed by atoms with Crippen molar-refractivity contribution < 1.29 is 14.2 Å². The summed E-state index contributed by atoms with van der Waals surface area (Å²) in [4.78, 5) is 0. The van der Waals surface area contributed by atoms with E-state index in [1.54, 1.807) is 0 Å². The fourth-order valence-corrected chi connectivity index (χ4v) is 3.14. The Morgan fingerprint density at radius 2 is 1.57 bits per heavy atom. The van der Waals surface area contributed by atoms with Crippen LogP contribution in [0.5, 0.6) is 11.5 Å².